The molecule has 96 valence electrons. The van der Waals surface area contributed by atoms with Gasteiger partial charge in [0.2, 0.25) is 6.29 Å². The van der Waals surface area contributed by atoms with E-state index in [4.69, 9.17) is 14.5 Å². The molecule has 0 bridgehead atoms. The lowest BCUT2D eigenvalue weighted by atomic mass is 10.1. The average molecular weight is 253 g/mol. The highest BCUT2D eigenvalue weighted by atomic mass is 16.7. The third-order valence-electron chi connectivity index (χ3n) is 3.75. The minimum Gasteiger partial charge on any atom is -0.464 e. The number of benzene rings is 1. The monoisotopic (exact) mass is 253 g/mol. The number of pyridine rings is 1. The Bertz CT molecular complexity index is 674. The van der Waals surface area contributed by atoms with Crippen LogP contribution in [0.4, 0.5) is 0 Å². The predicted molar refractivity (Wildman–Crippen MR) is 73.3 cm³/mol. The summed E-state index contributed by atoms with van der Waals surface area (Å²) >= 11 is 0. The van der Waals surface area contributed by atoms with E-state index in [0.717, 1.165) is 27.9 Å². The summed E-state index contributed by atoms with van der Waals surface area (Å²) < 4.78 is 11.4. The molecule has 1 saturated carbocycles. The highest BCUT2D eigenvalue weighted by Gasteiger charge is 2.33. The molecule has 3 heteroatoms. The van der Waals surface area contributed by atoms with Gasteiger partial charge in [0.15, 0.2) is 0 Å². The van der Waals surface area contributed by atoms with Gasteiger partial charge in [-0.2, -0.15) is 0 Å². The first kappa shape index (κ1) is 11.0. The van der Waals surface area contributed by atoms with Gasteiger partial charge in [0.1, 0.15) is 5.76 Å². The molecule has 0 amide bonds. The van der Waals surface area contributed by atoms with Gasteiger partial charge in [0, 0.05) is 30.1 Å². The van der Waals surface area contributed by atoms with Crippen LogP contribution in [0, 0.1) is 5.92 Å². The van der Waals surface area contributed by atoms with E-state index in [0.29, 0.717) is 5.92 Å². The van der Waals surface area contributed by atoms with Gasteiger partial charge in [0.05, 0.1) is 11.2 Å². The summed E-state index contributed by atoms with van der Waals surface area (Å²) in [5.74, 6) is 1.60. The standard InChI is InChI=1S/C16H15NO2/c1-18-16-12-8-11-4-2-3-5-13(11)17-14(12)9-15(19-16)10-6-7-10/h2-5,8-10,16H,6-7H2,1H3. The second-order valence-electron chi connectivity index (χ2n) is 5.16. The van der Waals surface area contributed by atoms with Crippen LogP contribution in [-0.4, -0.2) is 12.1 Å². The maximum atomic E-state index is 5.93. The van der Waals surface area contributed by atoms with E-state index in [9.17, 15) is 0 Å². The molecule has 0 N–H and O–H groups in total. The Morgan fingerprint density at radius 3 is 2.89 bits per heavy atom. The van der Waals surface area contributed by atoms with E-state index >= 15 is 0 Å². The van der Waals surface area contributed by atoms with Crippen LogP contribution in [0.5, 0.6) is 0 Å². The van der Waals surface area contributed by atoms with Crippen LogP contribution < -0.4 is 0 Å². The van der Waals surface area contributed by atoms with Crippen molar-refractivity contribution >= 4 is 17.0 Å². The van der Waals surface area contributed by atoms with Crippen LogP contribution in [0.15, 0.2) is 36.1 Å². The Morgan fingerprint density at radius 2 is 2.11 bits per heavy atom. The zero-order valence-electron chi connectivity index (χ0n) is 10.8. The Morgan fingerprint density at radius 1 is 1.26 bits per heavy atom. The van der Waals surface area contributed by atoms with E-state index in [2.05, 4.69) is 18.2 Å². The number of nitrogens with zero attached hydrogens (tertiary/aromatic N) is 1. The summed E-state index contributed by atoms with van der Waals surface area (Å²) in [5, 5.41) is 1.12. The van der Waals surface area contributed by atoms with Crippen LogP contribution in [0.3, 0.4) is 0 Å². The zero-order valence-corrected chi connectivity index (χ0v) is 10.8. The fourth-order valence-electron chi connectivity index (χ4n) is 2.56. The number of methoxy groups -OCH3 is 1. The second kappa shape index (κ2) is 4.07. The molecule has 1 aliphatic heterocycles. The van der Waals surface area contributed by atoms with Crippen LogP contribution in [0.2, 0.25) is 0 Å². The molecule has 0 saturated heterocycles. The highest BCUT2D eigenvalue weighted by Crippen LogP contribution is 2.43. The first-order chi connectivity index (χ1) is 9.35. The molecular weight excluding hydrogens is 238 g/mol. The molecule has 2 aromatic rings. The predicted octanol–water partition coefficient (Wildman–Crippen LogP) is 3.66. The number of para-hydroxylation sites is 1. The Labute approximate surface area is 111 Å². The van der Waals surface area contributed by atoms with E-state index in [-0.39, 0.29) is 6.29 Å². The highest BCUT2D eigenvalue weighted by molar-refractivity contribution is 5.81. The molecule has 1 aromatic heterocycles. The second-order valence-corrected chi connectivity index (χ2v) is 5.16. The Hall–Kier alpha value is -1.87. The fraction of sp³-hybridized carbons (Fsp3) is 0.312. The van der Waals surface area contributed by atoms with Gasteiger partial charge >= 0.3 is 0 Å². The van der Waals surface area contributed by atoms with Crippen molar-refractivity contribution in [2.75, 3.05) is 7.11 Å². The van der Waals surface area contributed by atoms with E-state index in [1.807, 2.05) is 18.2 Å². The molecular formula is C16H15NO2. The maximum Gasteiger partial charge on any atom is 0.228 e. The summed E-state index contributed by atoms with van der Waals surface area (Å²) in [5.41, 5.74) is 3.02. The topological polar surface area (TPSA) is 31.4 Å². The third kappa shape index (κ3) is 1.81. The molecule has 0 spiro atoms. The number of allylic oxidation sites excluding steroid dienone is 1. The summed E-state index contributed by atoms with van der Waals surface area (Å²) in [6.45, 7) is 0. The fourth-order valence-corrected chi connectivity index (χ4v) is 2.56. The number of hydrogen-bond donors (Lipinski definition) is 0. The van der Waals surface area contributed by atoms with Crippen molar-refractivity contribution in [3.8, 4) is 0 Å². The molecule has 1 fully saturated rings. The molecule has 1 aliphatic carbocycles. The third-order valence-corrected chi connectivity index (χ3v) is 3.75. The van der Waals surface area contributed by atoms with Gasteiger partial charge in [-0.3, -0.25) is 0 Å². The van der Waals surface area contributed by atoms with Gasteiger partial charge in [-0.05, 0) is 25.0 Å². The lowest BCUT2D eigenvalue weighted by Crippen LogP contribution is -2.14. The van der Waals surface area contributed by atoms with Gasteiger partial charge in [-0.1, -0.05) is 18.2 Å². The molecule has 3 nitrogen and oxygen atoms in total. The molecule has 1 aromatic carbocycles. The van der Waals surface area contributed by atoms with Crippen LogP contribution in [0.25, 0.3) is 17.0 Å². The molecule has 2 heterocycles. The van der Waals surface area contributed by atoms with Gasteiger partial charge in [-0.25, -0.2) is 4.98 Å². The van der Waals surface area contributed by atoms with Crippen LogP contribution in [0.1, 0.15) is 30.4 Å². The molecule has 1 atom stereocenters. The SMILES string of the molecule is COC1OC(C2CC2)=Cc2nc3ccccc3cc21. The number of rotatable bonds is 2. The van der Waals surface area contributed by atoms with Crippen LogP contribution in [-0.2, 0) is 9.47 Å². The number of ether oxygens (including phenoxy) is 2. The smallest absolute Gasteiger partial charge is 0.228 e. The average Bonchev–Trinajstić information content (AvgIpc) is 3.28. The minimum absolute atomic E-state index is 0.326. The van der Waals surface area contributed by atoms with Crippen molar-refractivity contribution in [2.24, 2.45) is 5.92 Å². The quantitative estimate of drug-likeness (QED) is 0.818. The van der Waals surface area contributed by atoms with Crippen molar-refractivity contribution in [1.82, 2.24) is 4.98 Å². The largest absolute Gasteiger partial charge is 0.464 e. The van der Waals surface area contributed by atoms with Crippen molar-refractivity contribution in [2.45, 2.75) is 19.1 Å². The van der Waals surface area contributed by atoms with Gasteiger partial charge < -0.3 is 9.47 Å². The molecule has 19 heavy (non-hydrogen) atoms. The van der Waals surface area contributed by atoms with E-state index < -0.39 is 0 Å². The summed E-state index contributed by atoms with van der Waals surface area (Å²) in [6, 6.07) is 10.3. The molecule has 1 unspecified atom stereocenters. The first-order valence-corrected chi connectivity index (χ1v) is 6.66. The first-order valence-electron chi connectivity index (χ1n) is 6.66. The Kier molecular flexibility index (Phi) is 2.35. The molecule has 4 rings (SSSR count). The van der Waals surface area contributed by atoms with Crippen molar-refractivity contribution in [3.05, 3.63) is 47.3 Å². The maximum absolute atomic E-state index is 5.93. The Balaban J connectivity index is 1.91. The summed E-state index contributed by atoms with van der Waals surface area (Å²) in [7, 11) is 1.68. The minimum atomic E-state index is -0.326. The van der Waals surface area contributed by atoms with Crippen molar-refractivity contribution in [3.63, 3.8) is 0 Å². The lowest BCUT2D eigenvalue weighted by molar-refractivity contribution is -0.103. The van der Waals surface area contributed by atoms with E-state index in [1.54, 1.807) is 7.11 Å². The van der Waals surface area contributed by atoms with Crippen molar-refractivity contribution < 1.29 is 9.47 Å². The van der Waals surface area contributed by atoms with Gasteiger partial charge in [0.25, 0.3) is 0 Å². The molecule has 2 aliphatic rings. The number of hydrogen-bond acceptors (Lipinski definition) is 3. The van der Waals surface area contributed by atoms with Gasteiger partial charge in [-0.15, -0.1) is 0 Å². The number of fused-ring (bicyclic) bond motifs is 2. The normalized spacial score (nSPS) is 21.7. The zero-order chi connectivity index (χ0) is 12.8. The lowest BCUT2D eigenvalue weighted by Gasteiger charge is -2.25. The summed E-state index contributed by atoms with van der Waals surface area (Å²) in [6.07, 6.45) is 4.18. The summed E-state index contributed by atoms with van der Waals surface area (Å²) in [4.78, 5) is 4.74. The van der Waals surface area contributed by atoms with Crippen molar-refractivity contribution in [1.29, 1.82) is 0 Å². The number of aromatic nitrogens is 1. The molecule has 0 radical (unpaired) electrons. The van der Waals surface area contributed by atoms with E-state index in [1.165, 1.54) is 12.8 Å². The van der Waals surface area contributed by atoms with Crippen LogP contribution >= 0.6 is 0 Å².